The van der Waals surface area contributed by atoms with E-state index in [4.69, 9.17) is 19.7 Å². The van der Waals surface area contributed by atoms with Crippen molar-refractivity contribution in [2.24, 2.45) is 5.92 Å². The summed E-state index contributed by atoms with van der Waals surface area (Å²) in [6.45, 7) is 8.87. The quantitative estimate of drug-likeness (QED) is 0.482. The van der Waals surface area contributed by atoms with E-state index in [1.807, 2.05) is 0 Å². The average molecular weight is 463 g/mol. The summed E-state index contributed by atoms with van der Waals surface area (Å²) < 4.78 is 5.30. The summed E-state index contributed by atoms with van der Waals surface area (Å²) in [5.74, 6) is 0.975. The van der Waals surface area contributed by atoms with Gasteiger partial charge in [-0.1, -0.05) is 13.3 Å². The van der Waals surface area contributed by atoms with Gasteiger partial charge >= 0.3 is 0 Å². The van der Waals surface area contributed by atoms with Crippen LogP contribution < -0.4 is 0 Å². The van der Waals surface area contributed by atoms with Crippen molar-refractivity contribution < 1.29 is 40.2 Å². The number of piperidine rings is 1. The van der Waals surface area contributed by atoms with Crippen LogP contribution in [0.4, 0.5) is 0 Å². The van der Waals surface area contributed by atoms with Gasteiger partial charge in [0.05, 0.1) is 19.3 Å². The molecule has 156 valence electrons. The molecule has 0 amide bonds. The number of carboxylic acid groups (broad SMARTS) is 1. The van der Waals surface area contributed by atoms with Crippen molar-refractivity contribution in [3.8, 4) is 0 Å². The molecule has 0 bridgehead atoms. The Kier molecular flexibility index (Phi) is 12.2. The number of rotatable bonds is 2. The summed E-state index contributed by atoms with van der Waals surface area (Å²) in [6.07, 6.45) is 9.05. The molecule has 0 spiro atoms. The maximum atomic E-state index is 9.12. The molecule has 4 aliphatic rings. The molecule has 4 rings (SSSR count). The van der Waals surface area contributed by atoms with Crippen molar-refractivity contribution in [1.82, 2.24) is 9.80 Å². The molecule has 0 aromatic heterocycles. The van der Waals surface area contributed by atoms with Crippen molar-refractivity contribution >= 4 is 6.47 Å². The molecule has 2 N–H and O–H groups in total. The zero-order chi connectivity index (χ0) is 18.1. The van der Waals surface area contributed by atoms with Gasteiger partial charge in [0.15, 0.2) is 0 Å². The molecular formula is C19H36N2O4Pd. The van der Waals surface area contributed by atoms with Crippen molar-refractivity contribution in [2.75, 3.05) is 39.4 Å². The Morgan fingerprint density at radius 1 is 0.885 bits per heavy atom. The van der Waals surface area contributed by atoms with Crippen LogP contribution in [0.1, 0.15) is 51.9 Å². The van der Waals surface area contributed by atoms with E-state index in [1.165, 1.54) is 45.2 Å². The molecule has 2 aliphatic carbocycles. The fourth-order valence-corrected chi connectivity index (χ4v) is 4.24. The van der Waals surface area contributed by atoms with Crippen LogP contribution >= 0.6 is 0 Å². The molecule has 26 heavy (non-hydrogen) atoms. The Morgan fingerprint density at radius 3 is 1.81 bits per heavy atom. The largest absolute Gasteiger partial charge is 0.483 e. The molecule has 0 radical (unpaired) electrons. The number of aliphatic hydroxyl groups is 1. The minimum atomic E-state index is -0.250. The molecule has 0 aromatic rings. The fraction of sp³-hybridized carbons (Fsp3) is 0.947. The van der Waals surface area contributed by atoms with Gasteiger partial charge in [0.1, 0.15) is 0 Å². The first-order chi connectivity index (χ1) is 12.1. The van der Waals surface area contributed by atoms with Crippen LogP contribution in [0, 0.1) is 5.92 Å². The van der Waals surface area contributed by atoms with Crippen LogP contribution in [0.15, 0.2) is 0 Å². The molecule has 0 atom stereocenters. The SMILES string of the molecule is CC1CC(N2CCOCC2)C1.O=CO.OC1CC(N2CCCCC2)C1.[Pd]. The second-order valence-electron chi connectivity index (χ2n) is 7.86. The van der Waals surface area contributed by atoms with Crippen molar-refractivity contribution in [1.29, 1.82) is 0 Å². The van der Waals surface area contributed by atoms with Gasteiger partial charge in [-0.3, -0.25) is 9.69 Å². The Bertz CT molecular complexity index is 333. The maximum absolute atomic E-state index is 9.12. The number of aliphatic hydroxyl groups excluding tert-OH is 1. The van der Waals surface area contributed by atoms with Crippen molar-refractivity contribution in [3.63, 3.8) is 0 Å². The predicted octanol–water partition coefficient (Wildman–Crippen LogP) is 1.81. The van der Waals surface area contributed by atoms with Gasteiger partial charge in [0.2, 0.25) is 0 Å². The third-order valence-electron chi connectivity index (χ3n) is 5.91. The first-order valence-corrected chi connectivity index (χ1v) is 9.95. The first kappa shape index (κ1) is 24.0. The van der Waals surface area contributed by atoms with Crippen LogP contribution in [0.2, 0.25) is 0 Å². The second-order valence-corrected chi connectivity index (χ2v) is 7.86. The van der Waals surface area contributed by atoms with Gasteiger partial charge in [-0.2, -0.15) is 0 Å². The van der Waals surface area contributed by atoms with E-state index in [0.717, 1.165) is 57.1 Å². The second kappa shape index (κ2) is 13.2. The Hall–Kier alpha value is -0.0277. The summed E-state index contributed by atoms with van der Waals surface area (Å²) in [4.78, 5) is 13.5. The van der Waals surface area contributed by atoms with E-state index >= 15 is 0 Å². The normalized spacial score (nSPS) is 34.4. The Morgan fingerprint density at radius 2 is 1.35 bits per heavy atom. The molecule has 6 nitrogen and oxygen atoms in total. The molecule has 0 aromatic carbocycles. The molecular weight excluding hydrogens is 427 g/mol. The van der Waals surface area contributed by atoms with Gasteiger partial charge < -0.3 is 19.8 Å². The number of nitrogens with zero attached hydrogens (tertiary/aromatic N) is 2. The fourth-order valence-electron chi connectivity index (χ4n) is 4.24. The molecule has 2 heterocycles. The Balaban J connectivity index is 0.000000219. The van der Waals surface area contributed by atoms with E-state index in [9.17, 15) is 0 Å². The van der Waals surface area contributed by atoms with Gasteiger partial charge in [-0.05, 0) is 57.5 Å². The monoisotopic (exact) mass is 462 g/mol. The van der Waals surface area contributed by atoms with E-state index in [0.29, 0.717) is 0 Å². The van der Waals surface area contributed by atoms with Crippen LogP contribution in [0.25, 0.3) is 0 Å². The number of carbonyl (C=O) groups is 1. The average Bonchev–Trinajstić information content (AvgIpc) is 2.59. The first-order valence-electron chi connectivity index (χ1n) is 9.95. The zero-order valence-electron chi connectivity index (χ0n) is 16.0. The van der Waals surface area contributed by atoms with Crippen molar-refractivity contribution in [3.05, 3.63) is 0 Å². The number of ether oxygens (including phenoxy) is 1. The van der Waals surface area contributed by atoms with Crippen LogP contribution in [0.3, 0.4) is 0 Å². The van der Waals surface area contributed by atoms with Crippen LogP contribution in [0.5, 0.6) is 0 Å². The molecule has 7 heteroatoms. The summed E-state index contributed by atoms with van der Waals surface area (Å²) >= 11 is 0. The van der Waals surface area contributed by atoms with E-state index < -0.39 is 0 Å². The standard InChI is InChI=1S/2C9H17NO.CH2O2.Pd/c1-8-6-9(7-8)10-2-4-11-5-3-10;11-9-6-8(7-9)10-4-2-1-3-5-10;2-1-3;/h8-9H,2-7H2,1H3;8-9,11H,1-7H2;1H,(H,2,3);. The topological polar surface area (TPSA) is 73.2 Å². The zero-order valence-corrected chi connectivity index (χ0v) is 17.6. The molecule has 2 aliphatic heterocycles. The van der Waals surface area contributed by atoms with Crippen LogP contribution in [-0.2, 0) is 30.0 Å². The third-order valence-corrected chi connectivity index (χ3v) is 5.91. The maximum Gasteiger partial charge on any atom is 0.290 e. The minimum absolute atomic E-state index is 0. The van der Waals surface area contributed by atoms with Gasteiger partial charge in [0.25, 0.3) is 6.47 Å². The predicted molar refractivity (Wildman–Crippen MR) is 97.7 cm³/mol. The molecule has 0 unspecified atom stereocenters. The number of hydrogen-bond donors (Lipinski definition) is 2. The van der Waals surface area contributed by atoms with Crippen LogP contribution in [-0.4, -0.2) is 84.1 Å². The summed E-state index contributed by atoms with van der Waals surface area (Å²) in [7, 11) is 0. The third kappa shape index (κ3) is 7.92. The summed E-state index contributed by atoms with van der Waals surface area (Å²) in [6, 6.07) is 1.62. The molecule has 2 saturated heterocycles. The minimum Gasteiger partial charge on any atom is -0.483 e. The number of likely N-dealkylation sites (tertiary alicyclic amines) is 1. The summed E-state index contributed by atoms with van der Waals surface area (Å²) in [5, 5.41) is 16.0. The number of morpholine rings is 1. The number of hydrogen-bond acceptors (Lipinski definition) is 5. The smallest absolute Gasteiger partial charge is 0.290 e. The summed E-state index contributed by atoms with van der Waals surface area (Å²) in [5.41, 5.74) is 0. The van der Waals surface area contributed by atoms with Gasteiger partial charge in [0, 0.05) is 45.6 Å². The molecule has 4 fully saturated rings. The van der Waals surface area contributed by atoms with E-state index in [-0.39, 0.29) is 33.0 Å². The van der Waals surface area contributed by atoms with Crippen molar-refractivity contribution in [2.45, 2.75) is 70.1 Å². The van der Waals surface area contributed by atoms with E-state index in [1.54, 1.807) is 0 Å². The molecule has 2 saturated carbocycles. The Labute approximate surface area is 171 Å². The van der Waals surface area contributed by atoms with Gasteiger partial charge in [-0.25, -0.2) is 0 Å². The van der Waals surface area contributed by atoms with Gasteiger partial charge in [-0.15, -0.1) is 0 Å². The van der Waals surface area contributed by atoms with E-state index in [2.05, 4.69) is 16.7 Å².